The van der Waals surface area contributed by atoms with Crippen molar-refractivity contribution in [1.82, 2.24) is 5.32 Å². The number of ether oxygens (including phenoxy) is 1. The molecule has 1 N–H and O–H groups in total. The topological polar surface area (TPSA) is 21.3 Å². The number of hydrogen-bond donors (Lipinski definition) is 1. The maximum absolute atomic E-state index is 5.76. The molecular formula is C19H31NO. The maximum atomic E-state index is 5.76. The van der Waals surface area contributed by atoms with Crippen molar-refractivity contribution in [2.45, 2.75) is 66.0 Å². The number of rotatable bonds is 7. The van der Waals surface area contributed by atoms with Gasteiger partial charge >= 0.3 is 0 Å². The summed E-state index contributed by atoms with van der Waals surface area (Å²) in [7, 11) is 0. The molecule has 1 atom stereocenters. The van der Waals surface area contributed by atoms with Crippen LogP contribution in [0.3, 0.4) is 0 Å². The first-order valence-electron chi connectivity index (χ1n) is 8.40. The van der Waals surface area contributed by atoms with Gasteiger partial charge in [-0.15, -0.1) is 0 Å². The van der Waals surface area contributed by atoms with Crippen LogP contribution < -0.4 is 10.1 Å². The average molecular weight is 289 g/mol. The molecule has 118 valence electrons. The highest BCUT2D eigenvalue weighted by Crippen LogP contribution is 2.36. The molecule has 1 aromatic carbocycles. The van der Waals surface area contributed by atoms with Gasteiger partial charge in [0.15, 0.2) is 0 Å². The van der Waals surface area contributed by atoms with Crippen molar-refractivity contribution in [2.24, 2.45) is 11.3 Å². The summed E-state index contributed by atoms with van der Waals surface area (Å²) in [5, 5.41) is 3.69. The molecule has 0 saturated heterocycles. The van der Waals surface area contributed by atoms with Crippen LogP contribution in [0.2, 0.25) is 0 Å². The summed E-state index contributed by atoms with van der Waals surface area (Å²) in [6.07, 6.45) is 5.06. The summed E-state index contributed by atoms with van der Waals surface area (Å²) in [6.45, 7) is 11.0. The number of benzene rings is 1. The molecule has 0 radical (unpaired) electrons. The fourth-order valence-electron chi connectivity index (χ4n) is 2.99. The lowest BCUT2D eigenvalue weighted by atomic mass is 9.92. The highest BCUT2D eigenvalue weighted by Gasteiger charge is 2.30. The average Bonchev–Trinajstić information content (AvgIpc) is 2.77. The second-order valence-electron chi connectivity index (χ2n) is 7.66. The fourth-order valence-corrected chi connectivity index (χ4v) is 2.99. The van der Waals surface area contributed by atoms with Crippen LogP contribution >= 0.6 is 0 Å². The van der Waals surface area contributed by atoms with E-state index in [9.17, 15) is 0 Å². The Morgan fingerprint density at radius 3 is 2.52 bits per heavy atom. The van der Waals surface area contributed by atoms with E-state index in [0.29, 0.717) is 17.4 Å². The van der Waals surface area contributed by atoms with Crippen LogP contribution in [0.1, 0.15) is 58.9 Å². The smallest absolute Gasteiger partial charge is 0.119 e. The molecule has 2 heteroatoms. The van der Waals surface area contributed by atoms with Crippen LogP contribution in [-0.2, 0) is 6.54 Å². The van der Waals surface area contributed by atoms with Gasteiger partial charge < -0.3 is 10.1 Å². The zero-order valence-corrected chi connectivity index (χ0v) is 14.1. The first-order chi connectivity index (χ1) is 9.94. The SMILES string of the molecule is CC(C)CCOc1ccc(CNC2CCC(C)(C)C2)cc1. The van der Waals surface area contributed by atoms with Crippen LogP contribution in [-0.4, -0.2) is 12.6 Å². The number of hydrogen-bond acceptors (Lipinski definition) is 2. The molecule has 0 aromatic heterocycles. The summed E-state index contributed by atoms with van der Waals surface area (Å²) in [5.74, 6) is 1.69. The van der Waals surface area contributed by atoms with Crippen molar-refractivity contribution in [3.05, 3.63) is 29.8 Å². The van der Waals surface area contributed by atoms with Crippen molar-refractivity contribution in [1.29, 1.82) is 0 Å². The quantitative estimate of drug-likeness (QED) is 0.780. The van der Waals surface area contributed by atoms with Crippen molar-refractivity contribution < 1.29 is 4.74 Å². The van der Waals surface area contributed by atoms with E-state index >= 15 is 0 Å². The lowest BCUT2D eigenvalue weighted by Gasteiger charge is -2.18. The molecule has 1 aliphatic carbocycles. The largest absolute Gasteiger partial charge is 0.494 e. The van der Waals surface area contributed by atoms with Crippen molar-refractivity contribution in [3.63, 3.8) is 0 Å². The molecule has 0 spiro atoms. The third-order valence-electron chi connectivity index (χ3n) is 4.45. The van der Waals surface area contributed by atoms with Gasteiger partial charge in [-0.3, -0.25) is 0 Å². The van der Waals surface area contributed by atoms with E-state index in [0.717, 1.165) is 25.3 Å². The van der Waals surface area contributed by atoms with Crippen LogP contribution in [0.4, 0.5) is 0 Å². The minimum absolute atomic E-state index is 0.520. The molecule has 2 rings (SSSR count). The maximum Gasteiger partial charge on any atom is 0.119 e. The van der Waals surface area contributed by atoms with Gasteiger partial charge in [0, 0.05) is 12.6 Å². The lowest BCUT2D eigenvalue weighted by molar-refractivity contribution is 0.289. The van der Waals surface area contributed by atoms with E-state index in [1.165, 1.54) is 24.8 Å². The monoisotopic (exact) mass is 289 g/mol. The van der Waals surface area contributed by atoms with Gasteiger partial charge in [0.05, 0.1) is 6.61 Å². The molecular weight excluding hydrogens is 258 g/mol. The standard InChI is InChI=1S/C19H31NO/c1-15(2)10-12-21-18-7-5-16(6-8-18)14-20-17-9-11-19(3,4)13-17/h5-8,15,17,20H,9-14H2,1-4H3. The van der Waals surface area contributed by atoms with Gasteiger partial charge in [-0.1, -0.05) is 39.8 Å². The highest BCUT2D eigenvalue weighted by molar-refractivity contribution is 5.27. The summed E-state index contributed by atoms with van der Waals surface area (Å²) >= 11 is 0. The molecule has 2 nitrogen and oxygen atoms in total. The highest BCUT2D eigenvalue weighted by atomic mass is 16.5. The third-order valence-corrected chi connectivity index (χ3v) is 4.45. The van der Waals surface area contributed by atoms with E-state index in [1.54, 1.807) is 0 Å². The minimum atomic E-state index is 0.520. The van der Waals surface area contributed by atoms with Crippen molar-refractivity contribution in [2.75, 3.05) is 6.61 Å². The molecule has 0 heterocycles. The predicted molar refractivity (Wildman–Crippen MR) is 89.7 cm³/mol. The van der Waals surface area contributed by atoms with Crippen LogP contribution in [0, 0.1) is 11.3 Å². The van der Waals surface area contributed by atoms with Gasteiger partial charge in [-0.05, 0) is 54.7 Å². The molecule has 21 heavy (non-hydrogen) atoms. The van der Waals surface area contributed by atoms with Crippen LogP contribution in [0.25, 0.3) is 0 Å². The van der Waals surface area contributed by atoms with Gasteiger partial charge in [0.2, 0.25) is 0 Å². The Bertz CT molecular complexity index is 422. The van der Waals surface area contributed by atoms with Gasteiger partial charge in [-0.2, -0.15) is 0 Å². The van der Waals surface area contributed by atoms with Gasteiger partial charge in [0.1, 0.15) is 5.75 Å². The molecule has 1 aliphatic rings. The van der Waals surface area contributed by atoms with Gasteiger partial charge in [0.25, 0.3) is 0 Å². The first-order valence-corrected chi connectivity index (χ1v) is 8.40. The predicted octanol–water partition coefficient (Wildman–Crippen LogP) is 4.78. The third kappa shape index (κ3) is 5.70. The molecule has 1 fully saturated rings. The molecule has 1 saturated carbocycles. The second-order valence-corrected chi connectivity index (χ2v) is 7.66. The molecule has 0 bridgehead atoms. The summed E-state index contributed by atoms with van der Waals surface area (Å²) < 4.78 is 5.76. The Hall–Kier alpha value is -1.02. The fraction of sp³-hybridized carbons (Fsp3) is 0.684. The first kappa shape index (κ1) is 16.4. The Morgan fingerprint density at radius 1 is 1.24 bits per heavy atom. The van der Waals surface area contributed by atoms with E-state index in [-0.39, 0.29) is 0 Å². The van der Waals surface area contributed by atoms with Gasteiger partial charge in [-0.25, -0.2) is 0 Å². The van der Waals surface area contributed by atoms with E-state index in [2.05, 4.69) is 57.3 Å². The molecule has 0 amide bonds. The van der Waals surface area contributed by atoms with Crippen LogP contribution in [0.5, 0.6) is 5.75 Å². The van der Waals surface area contributed by atoms with Crippen LogP contribution in [0.15, 0.2) is 24.3 Å². The molecule has 1 aromatic rings. The van der Waals surface area contributed by atoms with Crippen molar-refractivity contribution in [3.8, 4) is 5.75 Å². The zero-order valence-electron chi connectivity index (χ0n) is 14.1. The molecule has 0 aliphatic heterocycles. The lowest BCUT2D eigenvalue weighted by Crippen LogP contribution is -2.26. The van der Waals surface area contributed by atoms with E-state index in [1.807, 2.05) is 0 Å². The normalized spacial score (nSPS) is 20.9. The molecule has 1 unspecified atom stereocenters. The minimum Gasteiger partial charge on any atom is -0.494 e. The summed E-state index contributed by atoms with van der Waals surface area (Å²) in [6, 6.07) is 9.23. The summed E-state index contributed by atoms with van der Waals surface area (Å²) in [4.78, 5) is 0. The van der Waals surface area contributed by atoms with Crippen molar-refractivity contribution >= 4 is 0 Å². The Balaban J connectivity index is 1.72. The van der Waals surface area contributed by atoms with E-state index < -0.39 is 0 Å². The Morgan fingerprint density at radius 2 is 1.95 bits per heavy atom. The Kier molecular flexibility index (Phi) is 5.69. The van der Waals surface area contributed by atoms with E-state index in [4.69, 9.17) is 4.74 Å². The summed E-state index contributed by atoms with van der Waals surface area (Å²) in [5.41, 5.74) is 1.86. The second kappa shape index (κ2) is 7.31. The Labute approximate surface area is 130 Å². The number of nitrogens with one attached hydrogen (secondary N) is 1. The zero-order chi connectivity index (χ0) is 15.3.